The molecule has 2 heteroatoms. The summed E-state index contributed by atoms with van der Waals surface area (Å²) in [4.78, 5) is 0. The molecule has 1 saturated carbocycles. The van der Waals surface area contributed by atoms with Crippen LogP contribution >= 0.6 is 0 Å². The van der Waals surface area contributed by atoms with Gasteiger partial charge in [0.2, 0.25) is 0 Å². The molecule has 0 aromatic rings. The SMILES string of the molecule is C[C@@H]1CC(O)C[C@H](C)C1O. The topological polar surface area (TPSA) is 40.5 Å². The molecule has 60 valence electrons. The summed E-state index contributed by atoms with van der Waals surface area (Å²) in [6, 6.07) is 0. The molecule has 1 aliphatic rings. The maximum atomic E-state index is 9.45. The molecule has 1 rings (SSSR count). The van der Waals surface area contributed by atoms with Gasteiger partial charge in [-0.25, -0.2) is 0 Å². The van der Waals surface area contributed by atoms with Crippen LogP contribution in [-0.2, 0) is 0 Å². The summed E-state index contributed by atoms with van der Waals surface area (Å²) in [5.74, 6) is 0.525. The Labute approximate surface area is 61.9 Å². The molecule has 0 amide bonds. The number of hydrogen-bond donors (Lipinski definition) is 2. The Kier molecular flexibility index (Phi) is 2.32. The lowest BCUT2D eigenvalue weighted by atomic mass is 9.79. The summed E-state index contributed by atoms with van der Waals surface area (Å²) >= 11 is 0. The normalized spacial score (nSPS) is 49.2. The second kappa shape index (κ2) is 2.89. The van der Waals surface area contributed by atoms with Crippen LogP contribution < -0.4 is 0 Å². The molecule has 0 bridgehead atoms. The molecular weight excluding hydrogens is 128 g/mol. The van der Waals surface area contributed by atoms with Crippen molar-refractivity contribution in [1.82, 2.24) is 0 Å². The van der Waals surface area contributed by atoms with Crippen molar-refractivity contribution in [2.24, 2.45) is 11.8 Å². The predicted octanol–water partition coefficient (Wildman–Crippen LogP) is 0.774. The van der Waals surface area contributed by atoms with Crippen LogP contribution in [0.3, 0.4) is 0 Å². The van der Waals surface area contributed by atoms with E-state index in [-0.39, 0.29) is 24.0 Å². The summed E-state index contributed by atoms with van der Waals surface area (Å²) < 4.78 is 0. The van der Waals surface area contributed by atoms with Gasteiger partial charge < -0.3 is 10.2 Å². The number of rotatable bonds is 0. The summed E-state index contributed by atoms with van der Waals surface area (Å²) in [6.07, 6.45) is 1.12. The summed E-state index contributed by atoms with van der Waals surface area (Å²) in [5, 5.41) is 18.7. The van der Waals surface area contributed by atoms with Gasteiger partial charge >= 0.3 is 0 Å². The molecule has 10 heavy (non-hydrogen) atoms. The van der Waals surface area contributed by atoms with Crippen LogP contribution in [0.2, 0.25) is 0 Å². The van der Waals surface area contributed by atoms with E-state index in [4.69, 9.17) is 0 Å². The Morgan fingerprint density at radius 3 is 1.80 bits per heavy atom. The molecule has 0 aromatic heterocycles. The fraction of sp³-hybridized carbons (Fsp3) is 1.00. The van der Waals surface area contributed by atoms with Gasteiger partial charge in [0.1, 0.15) is 0 Å². The maximum Gasteiger partial charge on any atom is 0.0593 e. The van der Waals surface area contributed by atoms with Gasteiger partial charge in [-0.05, 0) is 24.7 Å². The molecule has 2 nitrogen and oxygen atoms in total. The molecule has 2 unspecified atom stereocenters. The quantitative estimate of drug-likeness (QED) is 0.527. The van der Waals surface area contributed by atoms with Crippen molar-refractivity contribution < 1.29 is 10.2 Å². The molecule has 1 aliphatic carbocycles. The first-order valence-corrected chi connectivity index (χ1v) is 3.97. The Morgan fingerprint density at radius 1 is 1.00 bits per heavy atom. The first-order chi connectivity index (χ1) is 4.61. The zero-order valence-electron chi connectivity index (χ0n) is 6.62. The maximum absolute atomic E-state index is 9.45. The molecule has 4 atom stereocenters. The minimum Gasteiger partial charge on any atom is -0.393 e. The lowest BCUT2D eigenvalue weighted by Gasteiger charge is -2.33. The average Bonchev–Trinajstić information content (AvgIpc) is 1.82. The lowest BCUT2D eigenvalue weighted by molar-refractivity contribution is -0.0237. The molecular formula is C8H16O2. The smallest absolute Gasteiger partial charge is 0.0593 e. The Bertz CT molecular complexity index is 102. The van der Waals surface area contributed by atoms with E-state index < -0.39 is 0 Å². The minimum absolute atomic E-state index is 0.187. The highest BCUT2D eigenvalue weighted by molar-refractivity contribution is 4.81. The van der Waals surface area contributed by atoms with E-state index >= 15 is 0 Å². The van der Waals surface area contributed by atoms with E-state index in [2.05, 4.69) is 0 Å². The van der Waals surface area contributed by atoms with Gasteiger partial charge in [0.05, 0.1) is 12.2 Å². The van der Waals surface area contributed by atoms with Gasteiger partial charge in [-0.3, -0.25) is 0 Å². The second-order valence-corrected chi connectivity index (χ2v) is 3.57. The van der Waals surface area contributed by atoms with Gasteiger partial charge in [0.25, 0.3) is 0 Å². The van der Waals surface area contributed by atoms with E-state index in [1.165, 1.54) is 0 Å². The fourth-order valence-corrected chi connectivity index (χ4v) is 1.79. The third-order valence-corrected chi connectivity index (χ3v) is 2.45. The van der Waals surface area contributed by atoms with Crippen molar-refractivity contribution in [3.05, 3.63) is 0 Å². The molecule has 2 N–H and O–H groups in total. The van der Waals surface area contributed by atoms with Gasteiger partial charge in [0.15, 0.2) is 0 Å². The largest absolute Gasteiger partial charge is 0.393 e. The van der Waals surface area contributed by atoms with Crippen LogP contribution in [0.4, 0.5) is 0 Å². The van der Waals surface area contributed by atoms with Crippen LogP contribution in [0.5, 0.6) is 0 Å². The zero-order chi connectivity index (χ0) is 7.72. The molecule has 0 saturated heterocycles. The lowest BCUT2D eigenvalue weighted by Crippen LogP contribution is -2.36. The predicted molar refractivity (Wildman–Crippen MR) is 39.6 cm³/mol. The molecule has 0 heterocycles. The summed E-state index contributed by atoms with van der Waals surface area (Å²) in [5.41, 5.74) is 0. The van der Waals surface area contributed by atoms with Crippen molar-refractivity contribution in [3.63, 3.8) is 0 Å². The first kappa shape index (κ1) is 8.02. The van der Waals surface area contributed by atoms with Crippen LogP contribution in [0, 0.1) is 11.8 Å². The number of aliphatic hydroxyl groups excluding tert-OH is 2. The van der Waals surface area contributed by atoms with Crippen molar-refractivity contribution in [3.8, 4) is 0 Å². The highest BCUT2D eigenvalue weighted by atomic mass is 16.3. The number of aliphatic hydroxyl groups is 2. The Morgan fingerprint density at radius 2 is 1.40 bits per heavy atom. The zero-order valence-corrected chi connectivity index (χ0v) is 6.62. The van der Waals surface area contributed by atoms with E-state index in [1.54, 1.807) is 0 Å². The minimum atomic E-state index is -0.205. The monoisotopic (exact) mass is 144 g/mol. The highest BCUT2D eigenvalue weighted by Gasteiger charge is 2.30. The van der Waals surface area contributed by atoms with E-state index in [0.29, 0.717) is 0 Å². The molecule has 0 aromatic carbocycles. The van der Waals surface area contributed by atoms with Gasteiger partial charge in [-0.1, -0.05) is 13.8 Å². The molecule has 0 spiro atoms. The fourth-order valence-electron chi connectivity index (χ4n) is 1.79. The third kappa shape index (κ3) is 1.50. The first-order valence-electron chi connectivity index (χ1n) is 3.97. The van der Waals surface area contributed by atoms with E-state index in [0.717, 1.165) is 12.8 Å². The van der Waals surface area contributed by atoms with E-state index in [1.807, 2.05) is 13.8 Å². The molecule has 1 fully saturated rings. The standard InChI is InChI=1S/C8H16O2/c1-5-3-7(9)4-6(2)8(5)10/h5-10H,3-4H2,1-2H3/t5-,6+,7?,8?. The van der Waals surface area contributed by atoms with Crippen molar-refractivity contribution in [2.75, 3.05) is 0 Å². The Hall–Kier alpha value is -0.0800. The van der Waals surface area contributed by atoms with Gasteiger partial charge in [-0.2, -0.15) is 0 Å². The number of hydrogen-bond acceptors (Lipinski definition) is 2. The third-order valence-electron chi connectivity index (χ3n) is 2.45. The highest BCUT2D eigenvalue weighted by Crippen LogP contribution is 2.28. The van der Waals surface area contributed by atoms with Crippen LogP contribution in [0.1, 0.15) is 26.7 Å². The second-order valence-electron chi connectivity index (χ2n) is 3.57. The van der Waals surface area contributed by atoms with Gasteiger partial charge in [0, 0.05) is 0 Å². The van der Waals surface area contributed by atoms with Crippen LogP contribution in [-0.4, -0.2) is 22.4 Å². The van der Waals surface area contributed by atoms with Crippen molar-refractivity contribution in [2.45, 2.75) is 38.9 Å². The van der Waals surface area contributed by atoms with Gasteiger partial charge in [-0.15, -0.1) is 0 Å². The summed E-state index contributed by atoms with van der Waals surface area (Å²) in [6.45, 7) is 3.98. The molecule has 0 aliphatic heterocycles. The average molecular weight is 144 g/mol. The van der Waals surface area contributed by atoms with Crippen molar-refractivity contribution >= 4 is 0 Å². The Balaban J connectivity index is 2.49. The van der Waals surface area contributed by atoms with Crippen LogP contribution in [0.15, 0.2) is 0 Å². The van der Waals surface area contributed by atoms with E-state index in [9.17, 15) is 10.2 Å². The van der Waals surface area contributed by atoms with Crippen molar-refractivity contribution in [1.29, 1.82) is 0 Å². The molecule has 0 radical (unpaired) electrons. The summed E-state index contributed by atoms with van der Waals surface area (Å²) in [7, 11) is 0. The van der Waals surface area contributed by atoms with Crippen LogP contribution in [0.25, 0.3) is 0 Å².